The van der Waals surface area contributed by atoms with E-state index in [0.29, 0.717) is 0 Å². The molecule has 1 aliphatic rings. The highest BCUT2D eigenvalue weighted by atomic mass is 15.2. The van der Waals surface area contributed by atoms with Gasteiger partial charge in [0.25, 0.3) is 0 Å². The summed E-state index contributed by atoms with van der Waals surface area (Å²) >= 11 is 0. The maximum absolute atomic E-state index is 4.64. The molecule has 25 heavy (non-hydrogen) atoms. The Hall–Kier alpha value is -2.23. The third-order valence-corrected chi connectivity index (χ3v) is 5.24. The van der Waals surface area contributed by atoms with Gasteiger partial charge in [-0.1, -0.05) is 36.4 Å². The van der Waals surface area contributed by atoms with Gasteiger partial charge in [0.2, 0.25) is 0 Å². The minimum Gasteiger partial charge on any atom is -0.304 e. The topological polar surface area (TPSA) is 19.4 Å². The van der Waals surface area contributed by atoms with E-state index in [9.17, 15) is 0 Å². The molecule has 0 radical (unpaired) electrons. The fourth-order valence-corrected chi connectivity index (χ4v) is 3.67. The molecule has 2 heterocycles. The Balaban J connectivity index is 1.65. The molecule has 3 aromatic rings. The van der Waals surface area contributed by atoms with Gasteiger partial charge in [-0.15, -0.1) is 0 Å². The van der Waals surface area contributed by atoms with Crippen molar-refractivity contribution >= 4 is 10.9 Å². The maximum Gasteiger partial charge on any atom is 0.0711 e. The average Bonchev–Trinajstić information content (AvgIpc) is 2.63. The van der Waals surface area contributed by atoms with Crippen LogP contribution in [0, 0.1) is 6.92 Å². The van der Waals surface area contributed by atoms with Crippen LogP contribution < -0.4 is 0 Å². The fourth-order valence-electron chi connectivity index (χ4n) is 3.67. The molecule has 0 unspecified atom stereocenters. The van der Waals surface area contributed by atoms with E-state index < -0.39 is 0 Å². The minimum atomic E-state index is 1.01. The standard InChI is InChI=1S/C22H25N3/c1-17-5-3-4-6-19(17)20-9-10-23-22-15-18(7-8-21(20)22)16-25-13-11-24(2)12-14-25/h3-10,15H,11-14,16H2,1-2H3. The fraction of sp³-hybridized carbons (Fsp3) is 0.318. The van der Waals surface area contributed by atoms with E-state index >= 15 is 0 Å². The van der Waals surface area contributed by atoms with Gasteiger partial charge in [0.05, 0.1) is 5.52 Å². The number of aryl methyl sites for hydroxylation is 1. The summed E-state index contributed by atoms with van der Waals surface area (Å²) < 4.78 is 0. The SMILES string of the molecule is Cc1ccccc1-c1ccnc2cc(CN3CCN(C)CC3)ccc12. The lowest BCUT2D eigenvalue weighted by molar-refractivity contribution is 0.148. The molecule has 0 N–H and O–H groups in total. The summed E-state index contributed by atoms with van der Waals surface area (Å²) in [7, 11) is 2.20. The number of likely N-dealkylation sites (N-methyl/N-ethyl adjacent to an activating group) is 1. The van der Waals surface area contributed by atoms with Crippen molar-refractivity contribution in [3.05, 3.63) is 65.9 Å². The van der Waals surface area contributed by atoms with E-state index in [1.54, 1.807) is 0 Å². The van der Waals surface area contributed by atoms with Crippen LogP contribution >= 0.6 is 0 Å². The molecule has 128 valence electrons. The molecule has 3 heteroatoms. The zero-order chi connectivity index (χ0) is 17.2. The number of hydrogen-bond acceptors (Lipinski definition) is 3. The number of hydrogen-bond donors (Lipinski definition) is 0. The van der Waals surface area contributed by atoms with Crippen LogP contribution in [0.2, 0.25) is 0 Å². The number of pyridine rings is 1. The van der Waals surface area contributed by atoms with Crippen molar-refractivity contribution in [1.29, 1.82) is 0 Å². The van der Waals surface area contributed by atoms with Crippen LogP contribution in [-0.4, -0.2) is 48.0 Å². The van der Waals surface area contributed by atoms with Gasteiger partial charge in [-0.2, -0.15) is 0 Å². The largest absolute Gasteiger partial charge is 0.304 e. The predicted molar refractivity (Wildman–Crippen MR) is 105 cm³/mol. The average molecular weight is 331 g/mol. The second-order valence-electron chi connectivity index (χ2n) is 7.10. The summed E-state index contributed by atoms with van der Waals surface area (Å²) in [5, 5.41) is 1.24. The summed E-state index contributed by atoms with van der Waals surface area (Å²) in [5.41, 5.74) is 6.31. The van der Waals surface area contributed by atoms with E-state index in [-0.39, 0.29) is 0 Å². The van der Waals surface area contributed by atoms with E-state index in [1.807, 2.05) is 6.20 Å². The third kappa shape index (κ3) is 3.44. The van der Waals surface area contributed by atoms with E-state index in [4.69, 9.17) is 0 Å². The van der Waals surface area contributed by atoms with Crippen molar-refractivity contribution in [3.63, 3.8) is 0 Å². The molecule has 1 aromatic heterocycles. The number of benzene rings is 2. The lowest BCUT2D eigenvalue weighted by Gasteiger charge is -2.32. The highest BCUT2D eigenvalue weighted by Gasteiger charge is 2.14. The summed E-state index contributed by atoms with van der Waals surface area (Å²) in [4.78, 5) is 9.57. The van der Waals surface area contributed by atoms with Crippen molar-refractivity contribution < 1.29 is 0 Å². The number of nitrogens with zero attached hydrogens (tertiary/aromatic N) is 3. The summed E-state index contributed by atoms with van der Waals surface area (Å²) in [5.74, 6) is 0. The molecule has 0 spiro atoms. The Morgan fingerprint density at radius 3 is 2.52 bits per heavy atom. The molecule has 0 saturated carbocycles. The first-order valence-electron chi connectivity index (χ1n) is 9.05. The van der Waals surface area contributed by atoms with Gasteiger partial charge < -0.3 is 4.90 Å². The molecule has 4 rings (SSSR count). The summed E-state index contributed by atoms with van der Waals surface area (Å²) in [6.45, 7) is 7.78. The molecular formula is C22H25N3. The van der Waals surface area contributed by atoms with Crippen molar-refractivity contribution in [1.82, 2.24) is 14.8 Å². The number of rotatable bonds is 3. The number of piperazine rings is 1. The molecular weight excluding hydrogens is 306 g/mol. The molecule has 0 amide bonds. The molecule has 1 aliphatic heterocycles. The lowest BCUT2D eigenvalue weighted by Crippen LogP contribution is -2.43. The van der Waals surface area contributed by atoms with Gasteiger partial charge in [0.1, 0.15) is 0 Å². The summed E-state index contributed by atoms with van der Waals surface area (Å²) in [6.07, 6.45) is 1.93. The van der Waals surface area contributed by atoms with Gasteiger partial charge >= 0.3 is 0 Å². The zero-order valence-corrected chi connectivity index (χ0v) is 15.1. The van der Waals surface area contributed by atoms with Gasteiger partial charge in [-0.3, -0.25) is 9.88 Å². The Morgan fingerprint density at radius 2 is 1.72 bits per heavy atom. The molecule has 0 aliphatic carbocycles. The Labute approximate surface area is 149 Å². The second kappa shape index (κ2) is 6.95. The van der Waals surface area contributed by atoms with E-state index in [1.165, 1.54) is 27.6 Å². The normalized spacial score (nSPS) is 16.4. The predicted octanol–water partition coefficient (Wildman–Crippen LogP) is 3.96. The van der Waals surface area contributed by atoms with Crippen molar-refractivity contribution in [2.75, 3.05) is 33.2 Å². The smallest absolute Gasteiger partial charge is 0.0711 e. The quantitative estimate of drug-likeness (QED) is 0.724. The van der Waals surface area contributed by atoms with Crippen LogP contribution in [0.5, 0.6) is 0 Å². The zero-order valence-electron chi connectivity index (χ0n) is 15.1. The molecule has 3 nitrogen and oxygen atoms in total. The Bertz CT molecular complexity index is 879. The molecule has 1 fully saturated rings. The monoisotopic (exact) mass is 331 g/mol. The molecule has 2 aromatic carbocycles. The number of fused-ring (bicyclic) bond motifs is 1. The van der Waals surface area contributed by atoms with Gasteiger partial charge in [0, 0.05) is 44.3 Å². The van der Waals surface area contributed by atoms with Crippen LogP contribution in [0.1, 0.15) is 11.1 Å². The van der Waals surface area contributed by atoms with Crippen molar-refractivity contribution in [3.8, 4) is 11.1 Å². The lowest BCUT2D eigenvalue weighted by atomic mass is 9.97. The number of aromatic nitrogens is 1. The van der Waals surface area contributed by atoms with E-state index in [2.05, 4.69) is 77.3 Å². The third-order valence-electron chi connectivity index (χ3n) is 5.24. The van der Waals surface area contributed by atoms with Crippen LogP contribution in [0.15, 0.2) is 54.7 Å². The van der Waals surface area contributed by atoms with Crippen LogP contribution in [0.3, 0.4) is 0 Å². The van der Waals surface area contributed by atoms with Crippen LogP contribution in [-0.2, 0) is 6.54 Å². The van der Waals surface area contributed by atoms with Crippen molar-refractivity contribution in [2.45, 2.75) is 13.5 Å². The van der Waals surface area contributed by atoms with Crippen molar-refractivity contribution in [2.24, 2.45) is 0 Å². The first-order chi connectivity index (χ1) is 12.2. The molecule has 0 bridgehead atoms. The maximum atomic E-state index is 4.64. The van der Waals surface area contributed by atoms with Gasteiger partial charge in [-0.25, -0.2) is 0 Å². The Kier molecular flexibility index (Phi) is 4.51. The first kappa shape index (κ1) is 16.2. The summed E-state index contributed by atoms with van der Waals surface area (Å²) in [6, 6.07) is 17.5. The highest BCUT2D eigenvalue weighted by molar-refractivity contribution is 5.95. The highest BCUT2D eigenvalue weighted by Crippen LogP contribution is 2.30. The first-order valence-corrected chi connectivity index (χ1v) is 9.05. The van der Waals surface area contributed by atoms with Crippen LogP contribution in [0.4, 0.5) is 0 Å². The Morgan fingerprint density at radius 1 is 0.920 bits per heavy atom. The molecule has 0 atom stereocenters. The molecule has 1 saturated heterocycles. The minimum absolute atomic E-state index is 1.01. The van der Waals surface area contributed by atoms with E-state index in [0.717, 1.165) is 38.2 Å². The van der Waals surface area contributed by atoms with Gasteiger partial charge in [-0.05, 0) is 48.4 Å². The second-order valence-corrected chi connectivity index (χ2v) is 7.10. The van der Waals surface area contributed by atoms with Gasteiger partial charge in [0.15, 0.2) is 0 Å². The van der Waals surface area contributed by atoms with Crippen LogP contribution in [0.25, 0.3) is 22.0 Å².